The second kappa shape index (κ2) is 6.84. The molecule has 0 spiro atoms. The van der Waals surface area contributed by atoms with E-state index in [2.05, 4.69) is 9.98 Å². The lowest BCUT2D eigenvalue weighted by Crippen LogP contribution is -2.36. The summed E-state index contributed by atoms with van der Waals surface area (Å²) in [5, 5.41) is 0.600. The van der Waals surface area contributed by atoms with Crippen molar-refractivity contribution in [2.24, 2.45) is 15.0 Å². The monoisotopic (exact) mass is 364 g/mol. The van der Waals surface area contributed by atoms with E-state index in [0.717, 1.165) is 22.5 Å². The molecule has 0 aliphatic carbocycles. The molecule has 2 aromatic rings. The average molecular weight is 365 g/mol. The van der Waals surface area contributed by atoms with Crippen LogP contribution in [-0.4, -0.2) is 42.8 Å². The summed E-state index contributed by atoms with van der Waals surface area (Å²) in [6.45, 7) is 2.88. The molecule has 0 bridgehead atoms. The molecule has 1 amide bonds. The van der Waals surface area contributed by atoms with Gasteiger partial charge in [-0.25, -0.2) is 0 Å². The number of benzene rings is 2. The molecule has 0 saturated carbocycles. The van der Waals surface area contributed by atoms with Crippen molar-refractivity contribution >= 4 is 41.0 Å². The van der Waals surface area contributed by atoms with Crippen LogP contribution in [0.3, 0.4) is 0 Å². The van der Waals surface area contributed by atoms with Crippen LogP contribution in [0, 0.1) is 0 Å². The maximum Gasteiger partial charge on any atom is 0.262 e. The Morgan fingerprint density at radius 1 is 1.27 bits per heavy atom. The number of carbonyl (C=O) groups is 1. The fraction of sp³-hybridized carbons (Fsp3) is 0.200. The fourth-order valence-electron chi connectivity index (χ4n) is 3.18. The number of nitrogens with zero attached hydrogens (tertiary/aromatic N) is 4. The van der Waals surface area contributed by atoms with E-state index in [9.17, 15) is 4.79 Å². The summed E-state index contributed by atoms with van der Waals surface area (Å²) >= 11 is 6.25. The number of amides is 1. The molecule has 5 nitrogen and oxygen atoms in total. The smallest absolute Gasteiger partial charge is 0.262 e. The topological polar surface area (TPSA) is 57.4 Å². The molecule has 2 aliphatic rings. The molecular formula is C20H17ClN4O. The number of hydrogen-bond donors (Lipinski definition) is 0. The summed E-state index contributed by atoms with van der Waals surface area (Å²) in [5.74, 6) is 0.530. The van der Waals surface area contributed by atoms with E-state index < -0.39 is 6.04 Å². The summed E-state index contributed by atoms with van der Waals surface area (Å²) in [5.41, 5.74) is 3.38. The number of rotatable bonds is 3. The van der Waals surface area contributed by atoms with E-state index in [-0.39, 0.29) is 5.91 Å². The van der Waals surface area contributed by atoms with Gasteiger partial charge in [0.1, 0.15) is 5.84 Å². The van der Waals surface area contributed by atoms with Crippen molar-refractivity contribution in [3.63, 3.8) is 0 Å². The van der Waals surface area contributed by atoms with Crippen LogP contribution in [0.25, 0.3) is 0 Å². The molecule has 2 aromatic carbocycles. The van der Waals surface area contributed by atoms with Crippen LogP contribution in [0.4, 0.5) is 5.69 Å². The molecule has 4 rings (SSSR count). The van der Waals surface area contributed by atoms with Gasteiger partial charge in [0, 0.05) is 28.9 Å². The lowest BCUT2D eigenvalue weighted by Gasteiger charge is -2.19. The lowest BCUT2D eigenvalue weighted by molar-refractivity contribution is -0.116. The zero-order chi connectivity index (χ0) is 18.1. The number of fused-ring (bicyclic) bond motifs is 3. The minimum atomic E-state index is -0.582. The van der Waals surface area contributed by atoms with Crippen LogP contribution in [-0.2, 0) is 4.79 Å². The normalized spacial score (nSPS) is 19.1. The van der Waals surface area contributed by atoms with Gasteiger partial charge in [-0.15, -0.1) is 0 Å². The van der Waals surface area contributed by atoms with Crippen molar-refractivity contribution in [2.75, 3.05) is 18.0 Å². The Labute approximate surface area is 156 Å². The second-order valence-corrected chi connectivity index (χ2v) is 6.44. The maximum absolute atomic E-state index is 12.9. The van der Waals surface area contributed by atoms with Crippen LogP contribution in [0.5, 0.6) is 0 Å². The van der Waals surface area contributed by atoms with E-state index in [0.29, 0.717) is 23.9 Å². The van der Waals surface area contributed by atoms with Crippen LogP contribution in [0.2, 0.25) is 5.02 Å². The van der Waals surface area contributed by atoms with E-state index >= 15 is 0 Å². The maximum atomic E-state index is 12.9. The molecule has 0 N–H and O–H groups in total. The molecule has 1 atom stereocenters. The molecule has 6 heteroatoms. The first kappa shape index (κ1) is 16.7. The zero-order valence-electron chi connectivity index (χ0n) is 14.3. The first-order valence-electron chi connectivity index (χ1n) is 8.49. The standard InChI is InChI=1S/C20H17ClN4O/c1-2-22-11-16-20(26)25-17-9-8-14(21)10-15(17)19(23-12-18(25)24-16)13-6-4-3-5-7-13/h3-11,16H,2,12H2,1H3. The van der Waals surface area contributed by atoms with Gasteiger partial charge in [-0.3, -0.25) is 24.7 Å². The Balaban J connectivity index is 1.86. The Kier molecular flexibility index (Phi) is 4.39. The molecule has 1 unspecified atom stereocenters. The van der Waals surface area contributed by atoms with E-state index in [1.54, 1.807) is 17.2 Å². The van der Waals surface area contributed by atoms with Crippen molar-refractivity contribution in [2.45, 2.75) is 13.0 Å². The molecule has 26 heavy (non-hydrogen) atoms. The Hall–Kier alpha value is -2.79. The predicted molar refractivity (Wildman–Crippen MR) is 106 cm³/mol. The van der Waals surface area contributed by atoms with Gasteiger partial charge in [-0.1, -0.05) is 41.9 Å². The third-order valence-corrected chi connectivity index (χ3v) is 4.56. The third-order valence-electron chi connectivity index (χ3n) is 4.33. The molecule has 130 valence electrons. The molecule has 0 fully saturated rings. The molecule has 2 heterocycles. The fourth-order valence-corrected chi connectivity index (χ4v) is 3.35. The molecule has 0 radical (unpaired) electrons. The van der Waals surface area contributed by atoms with Crippen molar-refractivity contribution < 1.29 is 4.79 Å². The Morgan fingerprint density at radius 3 is 2.85 bits per heavy atom. The summed E-state index contributed by atoms with van der Waals surface area (Å²) in [6, 6.07) is 14.8. The quantitative estimate of drug-likeness (QED) is 0.770. The van der Waals surface area contributed by atoms with Gasteiger partial charge in [0.05, 0.1) is 17.9 Å². The molecule has 2 aliphatic heterocycles. The van der Waals surface area contributed by atoms with Crippen molar-refractivity contribution in [1.82, 2.24) is 0 Å². The van der Waals surface area contributed by atoms with Gasteiger partial charge in [-0.05, 0) is 25.1 Å². The minimum Gasteiger partial charge on any atom is -0.295 e. The number of amidine groups is 1. The highest BCUT2D eigenvalue weighted by Gasteiger charge is 2.37. The highest BCUT2D eigenvalue weighted by molar-refractivity contribution is 6.34. The highest BCUT2D eigenvalue weighted by Crippen LogP contribution is 2.32. The summed E-state index contributed by atoms with van der Waals surface area (Å²) in [4.78, 5) is 28.1. The molecular weight excluding hydrogens is 348 g/mol. The van der Waals surface area contributed by atoms with Crippen molar-refractivity contribution in [3.05, 3.63) is 64.7 Å². The van der Waals surface area contributed by atoms with Gasteiger partial charge < -0.3 is 0 Å². The number of anilines is 1. The van der Waals surface area contributed by atoms with E-state index in [1.165, 1.54) is 0 Å². The Bertz CT molecular complexity index is 950. The van der Waals surface area contributed by atoms with Crippen LogP contribution < -0.4 is 4.90 Å². The zero-order valence-corrected chi connectivity index (χ0v) is 15.0. The first-order chi connectivity index (χ1) is 12.7. The first-order valence-corrected chi connectivity index (χ1v) is 8.87. The number of hydrogen-bond acceptors (Lipinski definition) is 4. The van der Waals surface area contributed by atoms with Crippen LogP contribution in [0.1, 0.15) is 18.1 Å². The molecule has 0 aromatic heterocycles. The van der Waals surface area contributed by atoms with Gasteiger partial charge >= 0.3 is 0 Å². The van der Waals surface area contributed by atoms with Crippen molar-refractivity contribution in [3.8, 4) is 0 Å². The van der Waals surface area contributed by atoms with Gasteiger partial charge in [-0.2, -0.15) is 0 Å². The summed E-state index contributed by atoms with van der Waals surface area (Å²) in [6.07, 6.45) is 1.61. The highest BCUT2D eigenvalue weighted by atomic mass is 35.5. The number of aliphatic imine (C=N–C) groups is 3. The number of halogens is 1. The Morgan fingerprint density at radius 2 is 2.08 bits per heavy atom. The van der Waals surface area contributed by atoms with E-state index in [4.69, 9.17) is 16.6 Å². The molecule has 0 saturated heterocycles. The average Bonchev–Trinajstić information content (AvgIpc) is 2.87. The largest absolute Gasteiger partial charge is 0.295 e. The van der Waals surface area contributed by atoms with Crippen molar-refractivity contribution in [1.29, 1.82) is 0 Å². The van der Waals surface area contributed by atoms with Crippen LogP contribution in [0.15, 0.2) is 63.5 Å². The number of carbonyl (C=O) groups excluding carboxylic acids is 1. The lowest BCUT2D eigenvalue weighted by atomic mass is 10.00. The van der Waals surface area contributed by atoms with Gasteiger partial charge in [0.2, 0.25) is 0 Å². The summed E-state index contributed by atoms with van der Waals surface area (Å²) < 4.78 is 0. The van der Waals surface area contributed by atoms with Gasteiger partial charge in [0.25, 0.3) is 5.91 Å². The van der Waals surface area contributed by atoms with E-state index in [1.807, 2.05) is 49.4 Å². The predicted octanol–water partition coefficient (Wildman–Crippen LogP) is 3.40. The summed E-state index contributed by atoms with van der Waals surface area (Å²) in [7, 11) is 0. The van der Waals surface area contributed by atoms with Gasteiger partial charge in [0.15, 0.2) is 6.04 Å². The SMILES string of the molecule is CCN=CC1N=C2CN=C(c3ccccc3)c3cc(Cl)ccc3N2C1=O. The second-order valence-electron chi connectivity index (χ2n) is 6.00. The third kappa shape index (κ3) is 2.84. The minimum absolute atomic E-state index is 0.106. The van der Waals surface area contributed by atoms with Crippen LogP contribution >= 0.6 is 11.6 Å².